The van der Waals surface area contributed by atoms with Gasteiger partial charge in [0.2, 0.25) is 0 Å². The highest BCUT2D eigenvalue weighted by Gasteiger charge is 2.30. The molecule has 1 aromatic carbocycles. The second kappa shape index (κ2) is 5.91. The first-order valence-corrected chi connectivity index (χ1v) is 5.82. The van der Waals surface area contributed by atoms with Gasteiger partial charge in [0.25, 0.3) is 5.92 Å². The lowest BCUT2D eigenvalue weighted by atomic mass is 9.97. The van der Waals surface area contributed by atoms with Gasteiger partial charge in [-0.05, 0) is 11.6 Å². The average Bonchev–Trinajstić information content (AvgIpc) is 2.28. The van der Waals surface area contributed by atoms with Crippen LogP contribution in [0.3, 0.4) is 0 Å². The maximum atomic E-state index is 13.7. The van der Waals surface area contributed by atoms with E-state index in [1.54, 1.807) is 13.0 Å². The molecule has 0 aliphatic rings. The van der Waals surface area contributed by atoms with Crippen molar-refractivity contribution in [3.63, 3.8) is 0 Å². The molecule has 1 atom stereocenters. The molecule has 5 heteroatoms. The number of rotatable bonds is 6. The number of alkyl halides is 2. The Hall–Kier alpha value is -1.49. The lowest BCUT2D eigenvalue weighted by Gasteiger charge is -2.18. The van der Waals surface area contributed by atoms with Gasteiger partial charge in [-0.1, -0.05) is 31.5 Å². The zero-order valence-corrected chi connectivity index (χ0v) is 10.2. The molecule has 1 aromatic rings. The average molecular weight is 257 g/mol. The second-order valence-electron chi connectivity index (χ2n) is 4.28. The summed E-state index contributed by atoms with van der Waals surface area (Å²) in [4.78, 5) is 10.5. The molecule has 1 unspecified atom stereocenters. The number of benzene rings is 1. The molecule has 0 aliphatic carbocycles. The third-order valence-corrected chi connectivity index (χ3v) is 2.70. The van der Waals surface area contributed by atoms with Gasteiger partial charge in [0.15, 0.2) is 0 Å². The van der Waals surface area contributed by atoms with Gasteiger partial charge in [-0.15, -0.1) is 0 Å². The summed E-state index contributed by atoms with van der Waals surface area (Å²) < 4.78 is 27.4. The van der Waals surface area contributed by atoms with E-state index in [-0.39, 0.29) is 18.4 Å². The largest absolute Gasteiger partial charge is 0.481 e. The maximum absolute atomic E-state index is 13.7. The standard InChI is InChI=1S/C13H17F2NO2/c1-2-6-13(14,15)10-5-3-4-9(7-10)11(16)8-12(17)18/h3-5,7,11H,2,6,8,16H2,1H3,(H,17,18). The van der Waals surface area contributed by atoms with Gasteiger partial charge in [0.05, 0.1) is 6.42 Å². The third-order valence-electron chi connectivity index (χ3n) is 2.70. The highest BCUT2D eigenvalue weighted by atomic mass is 19.3. The van der Waals surface area contributed by atoms with Crippen molar-refractivity contribution >= 4 is 5.97 Å². The van der Waals surface area contributed by atoms with Crippen LogP contribution >= 0.6 is 0 Å². The van der Waals surface area contributed by atoms with Gasteiger partial charge >= 0.3 is 5.97 Å². The van der Waals surface area contributed by atoms with Crippen LogP contribution in [0.15, 0.2) is 24.3 Å². The van der Waals surface area contributed by atoms with Crippen molar-refractivity contribution in [2.24, 2.45) is 5.73 Å². The van der Waals surface area contributed by atoms with Crippen molar-refractivity contribution in [2.75, 3.05) is 0 Å². The van der Waals surface area contributed by atoms with Crippen LogP contribution in [0.25, 0.3) is 0 Å². The van der Waals surface area contributed by atoms with Gasteiger partial charge in [-0.3, -0.25) is 4.79 Å². The van der Waals surface area contributed by atoms with E-state index >= 15 is 0 Å². The Balaban J connectivity index is 2.95. The van der Waals surface area contributed by atoms with Gasteiger partial charge in [-0.2, -0.15) is 0 Å². The SMILES string of the molecule is CCCC(F)(F)c1cccc(C(N)CC(=O)O)c1. The Bertz CT molecular complexity index is 421. The number of aliphatic carboxylic acids is 1. The summed E-state index contributed by atoms with van der Waals surface area (Å²) in [6.07, 6.45) is -0.133. The van der Waals surface area contributed by atoms with Crippen LogP contribution < -0.4 is 5.73 Å². The van der Waals surface area contributed by atoms with E-state index < -0.39 is 17.9 Å². The van der Waals surface area contributed by atoms with Crippen LogP contribution in [0, 0.1) is 0 Å². The normalized spacial score (nSPS) is 13.3. The number of hydrogen-bond donors (Lipinski definition) is 2. The van der Waals surface area contributed by atoms with E-state index in [0.717, 1.165) is 0 Å². The van der Waals surface area contributed by atoms with E-state index in [1.807, 2.05) is 0 Å². The number of hydrogen-bond acceptors (Lipinski definition) is 2. The highest BCUT2D eigenvalue weighted by Crippen LogP contribution is 2.33. The molecule has 100 valence electrons. The fourth-order valence-corrected chi connectivity index (χ4v) is 1.76. The summed E-state index contributed by atoms with van der Waals surface area (Å²) >= 11 is 0. The molecule has 3 nitrogen and oxygen atoms in total. The summed E-state index contributed by atoms with van der Waals surface area (Å²) in [7, 11) is 0. The maximum Gasteiger partial charge on any atom is 0.305 e. The molecule has 0 aromatic heterocycles. The van der Waals surface area contributed by atoms with Crippen LogP contribution in [0.1, 0.15) is 43.4 Å². The Morgan fingerprint density at radius 1 is 1.50 bits per heavy atom. The zero-order valence-electron chi connectivity index (χ0n) is 10.2. The number of carboxylic acid groups (broad SMARTS) is 1. The van der Waals surface area contributed by atoms with E-state index in [2.05, 4.69) is 0 Å². The van der Waals surface area contributed by atoms with Crippen LogP contribution in [-0.4, -0.2) is 11.1 Å². The van der Waals surface area contributed by atoms with Crippen molar-refractivity contribution in [2.45, 2.75) is 38.2 Å². The Morgan fingerprint density at radius 2 is 2.17 bits per heavy atom. The summed E-state index contributed by atoms with van der Waals surface area (Å²) in [5, 5.41) is 8.63. The zero-order chi connectivity index (χ0) is 13.8. The first kappa shape index (κ1) is 14.6. The van der Waals surface area contributed by atoms with Crippen molar-refractivity contribution in [1.29, 1.82) is 0 Å². The molecule has 0 saturated heterocycles. The van der Waals surface area contributed by atoms with Crippen molar-refractivity contribution < 1.29 is 18.7 Å². The molecule has 0 fully saturated rings. The van der Waals surface area contributed by atoms with Crippen LogP contribution in [0.2, 0.25) is 0 Å². The van der Waals surface area contributed by atoms with Crippen molar-refractivity contribution in [3.8, 4) is 0 Å². The fraction of sp³-hybridized carbons (Fsp3) is 0.462. The smallest absolute Gasteiger partial charge is 0.305 e. The van der Waals surface area contributed by atoms with Gasteiger partial charge in [0, 0.05) is 18.0 Å². The molecular formula is C13H17F2NO2. The van der Waals surface area contributed by atoms with E-state index in [4.69, 9.17) is 10.8 Å². The number of halogens is 2. The highest BCUT2D eigenvalue weighted by molar-refractivity contribution is 5.67. The molecular weight excluding hydrogens is 240 g/mol. The van der Waals surface area contributed by atoms with Crippen molar-refractivity contribution in [1.82, 2.24) is 0 Å². The van der Waals surface area contributed by atoms with Gasteiger partial charge in [-0.25, -0.2) is 8.78 Å². The summed E-state index contributed by atoms with van der Waals surface area (Å²) in [5.41, 5.74) is 5.97. The van der Waals surface area contributed by atoms with E-state index in [9.17, 15) is 13.6 Å². The second-order valence-corrected chi connectivity index (χ2v) is 4.28. The van der Waals surface area contributed by atoms with E-state index in [0.29, 0.717) is 12.0 Å². The lowest BCUT2D eigenvalue weighted by molar-refractivity contribution is -0.137. The molecule has 0 spiro atoms. The summed E-state index contributed by atoms with van der Waals surface area (Å²) in [5.74, 6) is -3.94. The van der Waals surface area contributed by atoms with Crippen LogP contribution in [-0.2, 0) is 10.7 Å². The minimum atomic E-state index is -2.90. The Morgan fingerprint density at radius 3 is 2.72 bits per heavy atom. The van der Waals surface area contributed by atoms with Gasteiger partial charge in [0.1, 0.15) is 0 Å². The van der Waals surface area contributed by atoms with Gasteiger partial charge < -0.3 is 10.8 Å². The molecule has 0 radical (unpaired) electrons. The summed E-state index contributed by atoms with van der Waals surface area (Å²) in [6, 6.07) is 4.92. The predicted octanol–water partition coefficient (Wildman–Crippen LogP) is 3.05. The molecule has 0 saturated carbocycles. The quantitative estimate of drug-likeness (QED) is 0.823. The molecule has 18 heavy (non-hydrogen) atoms. The molecule has 1 rings (SSSR count). The molecule has 0 bridgehead atoms. The Labute approximate surface area is 105 Å². The van der Waals surface area contributed by atoms with Crippen molar-refractivity contribution in [3.05, 3.63) is 35.4 Å². The third kappa shape index (κ3) is 3.77. The van der Waals surface area contributed by atoms with Crippen LogP contribution in [0.4, 0.5) is 8.78 Å². The Kier molecular flexibility index (Phi) is 4.78. The molecule has 0 amide bonds. The number of carbonyl (C=O) groups is 1. The summed E-state index contributed by atoms with van der Waals surface area (Å²) in [6.45, 7) is 1.69. The van der Waals surface area contributed by atoms with E-state index in [1.165, 1.54) is 18.2 Å². The predicted molar refractivity (Wildman–Crippen MR) is 64.4 cm³/mol. The first-order chi connectivity index (χ1) is 8.36. The molecule has 3 N–H and O–H groups in total. The number of nitrogens with two attached hydrogens (primary N) is 1. The number of carboxylic acids is 1. The minimum Gasteiger partial charge on any atom is -0.481 e. The first-order valence-electron chi connectivity index (χ1n) is 5.82. The lowest BCUT2D eigenvalue weighted by Crippen LogP contribution is -2.17. The fourth-order valence-electron chi connectivity index (χ4n) is 1.76. The molecule has 0 aliphatic heterocycles. The molecule has 0 heterocycles. The topological polar surface area (TPSA) is 63.3 Å². The minimum absolute atomic E-state index is 0.109. The van der Waals surface area contributed by atoms with Crippen LogP contribution in [0.5, 0.6) is 0 Å². The monoisotopic (exact) mass is 257 g/mol.